The molecule has 0 aromatic heterocycles. The van der Waals surface area contributed by atoms with Crippen LogP contribution in [0.2, 0.25) is 0 Å². The first-order chi connectivity index (χ1) is 9.02. The van der Waals surface area contributed by atoms with Gasteiger partial charge in [0.05, 0.1) is 25.3 Å². The van der Waals surface area contributed by atoms with E-state index in [4.69, 9.17) is 15.6 Å². The second kappa shape index (κ2) is 7.25. The molecule has 0 aromatic carbocycles. The van der Waals surface area contributed by atoms with E-state index in [0.717, 1.165) is 6.42 Å². The van der Waals surface area contributed by atoms with Gasteiger partial charge in [0.15, 0.2) is 0 Å². The van der Waals surface area contributed by atoms with Gasteiger partial charge in [0.25, 0.3) is 0 Å². The first kappa shape index (κ1) is 15.7. The fraction of sp³-hybridized carbons (Fsp3) is 0.692. The lowest BCUT2D eigenvalue weighted by atomic mass is 10.0. The van der Waals surface area contributed by atoms with Crippen molar-refractivity contribution in [2.75, 3.05) is 19.8 Å². The number of hydrogen-bond acceptors (Lipinski definition) is 4. The van der Waals surface area contributed by atoms with Crippen molar-refractivity contribution in [1.29, 1.82) is 0 Å². The molecule has 1 amide bonds. The number of ether oxygens (including phenoxy) is 1. The lowest BCUT2D eigenvalue weighted by Crippen LogP contribution is -2.52. The molecule has 0 saturated carbocycles. The highest BCUT2D eigenvalue weighted by Gasteiger charge is 2.40. The molecule has 0 aliphatic carbocycles. The first-order valence-electron chi connectivity index (χ1n) is 6.50. The molecule has 1 aliphatic heterocycles. The highest BCUT2D eigenvalue weighted by molar-refractivity contribution is 5.83. The molecule has 0 bridgehead atoms. The van der Waals surface area contributed by atoms with Crippen molar-refractivity contribution >= 4 is 11.9 Å². The zero-order valence-corrected chi connectivity index (χ0v) is 11.2. The summed E-state index contributed by atoms with van der Waals surface area (Å²) >= 11 is 0. The monoisotopic (exact) mass is 270 g/mol. The fourth-order valence-corrected chi connectivity index (χ4v) is 2.26. The molecule has 6 heteroatoms. The van der Waals surface area contributed by atoms with Crippen LogP contribution in [0, 0.1) is 5.92 Å². The van der Waals surface area contributed by atoms with Crippen LogP contribution in [0.5, 0.6) is 0 Å². The molecule has 3 unspecified atom stereocenters. The number of rotatable bonds is 7. The summed E-state index contributed by atoms with van der Waals surface area (Å²) in [6, 6.07) is -1.10. The number of nitrogens with zero attached hydrogens (tertiary/aromatic N) is 1. The number of carboxylic acids is 1. The van der Waals surface area contributed by atoms with Crippen molar-refractivity contribution in [3.8, 4) is 0 Å². The summed E-state index contributed by atoms with van der Waals surface area (Å²) in [5.41, 5.74) is 5.80. The Morgan fingerprint density at radius 2 is 2.26 bits per heavy atom. The molecule has 1 fully saturated rings. The lowest BCUT2D eigenvalue weighted by Gasteiger charge is -2.32. The average Bonchev–Trinajstić information content (AvgIpc) is 2.84. The number of carboxylic acid groups (broad SMARTS) is 1. The maximum atomic E-state index is 12.3. The highest BCUT2D eigenvalue weighted by Crippen LogP contribution is 2.21. The van der Waals surface area contributed by atoms with Crippen molar-refractivity contribution in [2.24, 2.45) is 11.7 Å². The smallest absolute Gasteiger partial charge is 0.311 e. The first-order valence-corrected chi connectivity index (χ1v) is 6.50. The van der Waals surface area contributed by atoms with Crippen LogP contribution in [0.15, 0.2) is 12.7 Å². The summed E-state index contributed by atoms with van der Waals surface area (Å²) in [6.45, 7) is 6.38. The third-order valence-electron chi connectivity index (χ3n) is 3.25. The Balaban J connectivity index is 2.83. The van der Waals surface area contributed by atoms with Gasteiger partial charge in [-0.15, -0.1) is 6.58 Å². The SMILES string of the molecule is C=CCC(N)C(=O)N(CCC)C1COCC1C(=O)O. The zero-order valence-electron chi connectivity index (χ0n) is 11.2. The number of nitrogens with two attached hydrogens (primary N) is 1. The number of carbonyl (C=O) groups excluding carboxylic acids is 1. The molecular weight excluding hydrogens is 248 g/mol. The molecule has 19 heavy (non-hydrogen) atoms. The predicted octanol–water partition coefficient (Wildman–Crippen LogP) is 0.228. The van der Waals surface area contributed by atoms with Crippen molar-refractivity contribution in [1.82, 2.24) is 4.90 Å². The van der Waals surface area contributed by atoms with E-state index in [-0.39, 0.29) is 19.1 Å². The van der Waals surface area contributed by atoms with E-state index in [1.165, 1.54) is 0 Å². The van der Waals surface area contributed by atoms with Crippen molar-refractivity contribution in [3.05, 3.63) is 12.7 Å². The summed E-state index contributed by atoms with van der Waals surface area (Å²) < 4.78 is 5.21. The molecule has 3 atom stereocenters. The van der Waals surface area contributed by atoms with Crippen LogP contribution in [0.1, 0.15) is 19.8 Å². The molecule has 0 spiro atoms. The summed E-state index contributed by atoms with van der Waals surface area (Å²) in [5.74, 6) is -1.84. The lowest BCUT2D eigenvalue weighted by molar-refractivity contribution is -0.145. The van der Waals surface area contributed by atoms with Gasteiger partial charge in [-0.2, -0.15) is 0 Å². The summed E-state index contributed by atoms with van der Waals surface area (Å²) in [6.07, 6.45) is 2.71. The Labute approximate surface area is 113 Å². The minimum Gasteiger partial charge on any atom is -0.481 e. The van der Waals surface area contributed by atoms with Gasteiger partial charge in [-0.1, -0.05) is 13.0 Å². The summed E-state index contributed by atoms with van der Waals surface area (Å²) in [4.78, 5) is 25.0. The molecule has 6 nitrogen and oxygen atoms in total. The van der Waals surface area contributed by atoms with Crippen molar-refractivity contribution < 1.29 is 19.4 Å². The normalized spacial score (nSPS) is 23.9. The number of hydrogen-bond donors (Lipinski definition) is 2. The Morgan fingerprint density at radius 1 is 1.58 bits per heavy atom. The van der Waals surface area contributed by atoms with E-state index in [2.05, 4.69) is 6.58 Å². The second-order valence-corrected chi connectivity index (χ2v) is 4.71. The average molecular weight is 270 g/mol. The van der Waals surface area contributed by atoms with Gasteiger partial charge in [0.2, 0.25) is 5.91 Å². The van der Waals surface area contributed by atoms with Gasteiger partial charge in [-0.25, -0.2) is 0 Å². The van der Waals surface area contributed by atoms with E-state index in [1.807, 2.05) is 6.92 Å². The van der Waals surface area contributed by atoms with E-state index in [1.54, 1.807) is 11.0 Å². The number of amides is 1. The van der Waals surface area contributed by atoms with E-state index in [0.29, 0.717) is 13.0 Å². The predicted molar refractivity (Wildman–Crippen MR) is 70.5 cm³/mol. The minimum absolute atomic E-state index is 0.143. The van der Waals surface area contributed by atoms with Crippen LogP contribution in [0.3, 0.4) is 0 Å². The minimum atomic E-state index is -0.936. The molecule has 1 heterocycles. The van der Waals surface area contributed by atoms with Crippen LogP contribution >= 0.6 is 0 Å². The van der Waals surface area contributed by atoms with Crippen LogP contribution < -0.4 is 5.73 Å². The summed E-state index contributed by atoms with van der Waals surface area (Å²) in [5, 5.41) is 9.16. The highest BCUT2D eigenvalue weighted by atomic mass is 16.5. The van der Waals surface area contributed by atoms with Crippen molar-refractivity contribution in [3.63, 3.8) is 0 Å². The molecular formula is C13H22N2O4. The zero-order chi connectivity index (χ0) is 14.4. The molecule has 1 rings (SSSR count). The second-order valence-electron chi connectivity index (χ2n) is 4.71. The summed E-state index contributed by atoms with van der Waals surface area (Å²) in [7, 11) is 0. The van der Waals surface area contributed by atoms with E-state index >= 15 is 0 Å². The third kappa shape index (κ3) is 3.78. The molecule has 0 aromatic rings. The van der Waals surface area contributed by atoms with Crippen molar-refractivity contribution in [2.45, 2.75) is 31.8 Å². The van der Waals surface area contributed by atoms with Crippen LogP contribution in [-0.2, 0) is 14.3 Å². The molecule has 3 N–H and O–H groups in total. The quantitative estimate of drug-likeness (QED) is 0.646. The van der Waals surface area contributed by atoms with Crippen LogP contribution in [-0.4, -0.2) is 53.7 Å². The molecule has 1 saturated heterocycles. The van der Waals surface area contributed by atoms with Gasteiger partial charge in [-0.05, 0) is 12.8 Å². The molecule has 1 aliphatic rings. The van der Waals surface area contributed by atoms with Crippen LogP contribution in [0.4, 0.5) is 0 Å². The number of aliphatic carboxylic acids is 1. The Bertz CT molecular complexity index is 346. The van der Waals surface area contributed by atoms with Gasteiger partial charge in [0.1, 0.15) is 5.92 Å². The molecule has 108 valence electrons. The molecule has 0 radical (unpaired) electrons. The Morgan fingerprint density at radius 3 is 2.79 bits per heavy atom. The third-order valence-corrected chi connectivity index (χ3v) is 3.25. The Kier molecular flexibility index (Phi) is 5.98. The van der Waals surface area contributed by atoms with Crippen LogP contribution in [0.25, 0.3) is 0 Å². The Hall–Kier alpha value is -1.40. The maximum absolute atomic E-state index is 12.3. The number of carbonyl (C=O) groups is 2. The van der Waals surface area contributed by atoms with Gasteiger partial charge < -0.3 is 20.5 Å². The van der Waals surface area contributed by atoms with E-state index in [9.17, 15) is 9.59 Å². The standard InChI is InChI=1S/C13H22N2O4/c1-3-5-10(14)12(16)15(6-4-2)11-8-19-7-9(11)13(17)18/h3,9-11H,1,4-8,14H2,2H3,(H,17,18). The largest absolute Gasteiger partial charge is 0.481 e. The van der Waals surface area contributed by atoms with Gasteiger partial charge in [0, 0.05) is 6.54 Å². The van der Waals surface area contributed by atoms with Gasteiger partial charge in [-0.3, -0.25) is 9.59 Å². The van der Waals surface area contributed by atoms with E-state index < -0.39 is 24.0 Å². The maximum Gasteiger partial charge on any atom is 0.311 e. The fourth-order valence-electron chi connectivity index (χ4n) is 2.26. The topological polar surface area (TPSA) is 92.9 Å². The van der Waals surface area contributed by atoms with Gasteiger partial charge >= 0.3 is 5.97 Å².